The van der Waals surface area contributed by atoms with Crippen molar-refractivity contribution in [2.24, 2.45) is 0 Å². The predicted molar refractivity (Wildman–Crippen MR) is 65.0 cm³/mol. The van der Waals surface area contributed by atoms with Gasteiger partial charge in [0.15, 0.2) is 0 Å². The van der Waals surface area contributed by atoms with Crippen LogP contribution in [0.15, 0.2) is 12.2 Å². The van der Waals surface area contributed by atoms with Gasteiger partial charge in [-0.2, -0.15) is 0 Å². The Morgan fingerprint density at radius 2 is 1.89 bits per heavy atom. The van der Waals surface area contributed by atoms with Gasteiger partial charge in [-0.25, -0.2) is 4.79 Å². The lowest BCUT2D eigenvalue weighted by Crippen LogP contribution is -2.40. The Balaban J connectivity index is 2.29. The molecular formula is C12H16N2O5. The maximum Gasteiger partial charge on any atom is 0.326 e. The van der Waals surface area contributed by atoms with Gasteiger partial charge in [0, 0.05) is 25.1 Å². The van der Waals surface area contributed by atoms with Crippen molar-refractivity contribution in [1.29, 1.82) is 0 Å². The smallest absolute Gasteiger partial charge is 0.326 e. The van der Waals surface area contributed by atoms with Crippen molar-refractivity contribution in [3.05, 3.63) is 12.2 Å². The Bertz CT molecular complexity index is 412. The molecular weight excluding hydrogens is 252 g/mol. The quantitative estimate of drug-likeness (QED) is 0.615. The molecule has 1 atom stereocenters. The van der Waals surface area contributed by atoms with Crippen molar-refractivity contribution < 1.29 is 24.3 Å². The van der Waals surface area contributed by atoms with Crippen molar-refractivity contribution in [3.63, 3.8) is 0 Å². The summed E-state index contributed by atoms with van der Waals surface area (Å²) in [6.45, 7) is 1.81. The first kappa shape index (κ1) is 14.9. The summed E-state index contributed by atoms with van der Waals surface area (Å²) >= 11 is 0. The molecule has 0 bridgehead atoms. The molecule has 7 heteroatoms. The summed E-state index contributed by atoms with van der Waals surface area (Å²) in [5.41, 5.74) is 0. The number of hydrogen-bond donors (Lipinski definition) is 2. The Morgan fingerprint density at radius 3 is 2.37 bits per heavy atom. The average Bonchev–Trinajstić information content (AvgIpc) is 2.67. The van der Waals surface area contributed by atoms with Gasteiger partial charge in [0.05, 0.1) is 0 Å². The van der Waals surface area contributed by atoms with Gasteiger partial charge >= 0.3 is 5.97 Å². The van der Waals surface area contributed by atoms with Crippen molar-refractivity contribution in [2.75, 3.05) is 6.54 Å². The van der Waals surface area contributed by atoms with Crippen LogP contribution in [-0.2, 0) is 19.2 Å². The number of carbonyl (C=O) groups is 4. The van der Waals surface area contributed by atoms with E-state index in [0.717, 1.165) is 4.90 Å². The summed E-state index contributed by atoms with van der Waals surface area (Å²) in [5, 5.41) is 11.1. The number of carboxylic acids is 1. The van der Waals surface area contributed by atoms with Crippen LogP contribution in [0.1, 0.15) is 26.2 Å². The van der Waals surface area contributed by atoms with E-state index in [4.69, 9.17) is 5.11 Å². The van der Waals surface area contributed by atoms with Crippen molar-refractivity contribution >= 4 is 23.7 Å². The molecule has 0 radical (unpaired) electrons. The van der Waals surface area contributed by atoms with Crippen LogP contribution in [-0.4, -0.2) is 46.3 Å². The van der Waals surface area contributed by atoms with Gasteiger partial charge in [-0.15, -0.1) is 0 Å². The van der Waals surface area contributed by atoms with Crippen LogP contribution >= 0.6 is 0 Å². The zero-order valence-electron chi connectivity index (χ0n) is 10.6. The van der Waals surface area contributed by atoms with E-state index in [1.54, 1.807) is 6.92 Å². The lowest BCUT2D eigenvalue weighted by atomic mass is 10.2. The van der Waals surface area contributed by atoms with Crippen LogP contribution in [0.3, 0.4) is 0 Å². The summed E-state index contributed by atoms with van der Waals surface area (Å²) in [5.74, 6) is -2.25. The Kier molecular flexibility index (Phi) is 5.23. The molecule has 0 fully saturated rings. The van der Waals surface area contributed by atoms with Crippen LogP contribution in [0, 0.1) is 0 Å². The van der Waals surface area contributed by atoms with E-state index < -0.39 is 17.9 Å². The van der Waals surface area contributed by atoms with Gasteiger partial charge in [0.25, 0.3) is 11.8 Å². The fraction of sp³-hybridized carbons (Fsp3) is 0.500. The van der Waals surface area contributed by atoms with Crippen LogP contribution in [0.25, 0.3) is 0 Å². The average molecular weight is 268 g/mol. The van der Waals surface area contributed by atoms with Gasteiger partial charge in [-0.1, -0.05) is 6.92 Å². The maximum atomic E-state index is 11.5. The van der Waals surface area contributed by atoms with Gasteiger partial charge in [0.1, 0.15) is 6.04 Å². The molecule has 0 saturated heterocycles. The molecule has 3 amide bonds. The molecule has 0 aliphatic carbocycles. The van der Waals surface area contributed by atoms with Crippen LogP contribution in [0.5, 0.6) is 0 Å². The highest BCUT2D eigenvalue weighted by Gasteiger charge is 2.23. The van der Waals surface area contributed by atoms with E-state index in [2.05, 4.69) is 5.32 Å². The molecule has 7 nitrogen and oxygen atoms in total. The number of carbonyl (C=O) groups excluding carboxylic acids is 3. The van der Waals surface area contributed by atoms with Gasteiger partial charge in [0.2, 0.25) is 5.91 Å². The lowest BCUT2D eigenvalue weighted by Gasteiger charge is -2.14. The highest BCUT2D eigenvalue weighted by atomic mass is 16.4. The lowest BCUT2D eigenvalue weighted by molar-refractivity contribution is -0.141. The number of carboxylic acid groups (broad SMARTS) is 1. The van der Waals surface area contributed by atoms with Crippen LogP contribution < -0.4 is 5.32 Å². The molecule has 1 rings (SSSR count). The van der Waals surface area contributed by atoms with E-state index in [0.29, 0.717) is 12.8 Å². The molecule has 1 heterocycles. The minimum atomic E-state index is -1.08. The van der Waals surface area contributed by atoms with E-state index in [1.165, 1.54) is 12.2 Å². The minimum Gasteiger partial charge on any atom is -0.480 e. The Labute approximate surface area is 110 Å². The second kappa shape index (κ2) is 6.67. The second-order valence-corrected chi connectivity index (χ2v) is 4.13. The van der Waals surface area contributed by atoms with Crippen LogP contribution in [0.4, 0.5) is 0 Å². The Morgan fingerprint density at radius 1 is 1.32 bits per heavy atom. The van der Waals surface area contributed by atoms with E-state index >= 15 is 0 Å². The van der Waals surface area contributed by atoms with Gasteiger partial charge in [-0.3, -0.25) is 19.3 Å². The number of hydrogen-bond acceptors (Lipinski definition) is 4. The standard InChI is InChI=1S/C12H16N2O5/c1-2-8(12(18)19)13-9(15)4-3-7-14-10(16)5-6-11(14)17/h5-6,8H,2-4,7H2,1H3,(H,13,15)(H,18,19)/t8-/m0/s1. The number of nitrogens with zero attached hydrogens (tertiary/aromatic N) is 1. The number of rotatable bonds is 7. The molecule has 0 aromatic carbocycles. The van der Waals surface area contributed by atoms with Crippen molar-refractivity contribution in [3.8, 4) is 0 Å². The van der Waals surface area contributed by atoms with Crippen molar-refractivity contribution in [2.45, 2.75) is 32.2 Å². The van der Waals surface area contributed by atoms with E-state index in [-0.39, 0.29) is 24.8 Å². The first-order chi connectivity index (χ1) is 8.95. The third-order valence-corrected chi connectivity index (χ3v) is 2.73. The fourth-order valence-electron chi connectivity index (χ4n) is 1.65. The molecule has 1 aliphatic heterocycles. The Hall–Kier alpha value is -2.18. The van der Waals surface area contributed by atoms with E-state index in [1.807, 2.05) is 0 Å². The molecule has 19 heavy (non-hydrogen) atoms. The van der Waals surface area contributed by atoms with Gasteiger partial charge < -0.3 is 10.4 Å². The zero-order valence-corrected chi connectivity index (χ0v) is 10.6. The van der Waals surface area contributed by atoms with Gasteiger partial charge in [-0.05, 0) is 12.8 Å². The zero-order chi connectivity index (χ0) is 14.4. The molecule has 0 aromatic heterocycles. The highest BCUT2D eigenvalue weighted by molar-refractivity contribution is 6.12. The fourth-order valence-corrected chi connectivity index (χ4v) is 1.65. The molecule has 0 saturated carbocycles. The predicted octanol–water partition coefficient (Wildman–Crippen LogP) is -0.329. The monoisotopic (exact) mass is 268 g/mol. The number of amides is 3. The molecule has 104 valence electrons. The van der Waals surface area contributed by atoms with E-state index in [9.17, 15) is 19.2 Å². The summed E-state index contributed by atoms with van der Waals surface area (Å²) in [4.78, 5) is 45.7. The molecule has 1 aliphatic rings. The third-order valence-electron chi connectivity index (χ3n) is 2.73. The normalized spacial score (nSPS) is 15.7. The number of aliphatic carboxylic acids is 1. The topological polar surface area (TPSA) is 104 Å². The largest absolute Gasteiger partial charge is 0.480 e. The number of nitrogens with one attached hydrogen (secondary N) is 1. The minimum absolute atomic E-state index is 0.0703. The summed E-state index contributed by atoms with van der Waals surface area (Å²) < 4.78 is 0. The highest BCUT2D eigenvalue weighted by Crippen LogP contribution is 2.05. The molecule has 0 unspecified atom stereocenters. The number of imide groups is 1. The SMILES string of the molecule is CC[C@H](NC(=O)CCCN1C(=O)C=CC1=O)C(=O)O. The molecule has 0 spiro atoms. The molecule has 2 N–H and O–H groups in total. The summed E-state index contributed by atoms with van der Waals surface area (Å²) in [6, 6.07) is -0.899. The van der Waals surface area contributed by atoms with Crippen molar-refractivity contribution in [1.82, 2.24) is 10.2 Å². The summed E-state index contributed by atoms with van der Waals surface area (Å²) in [7, 11) is 0. The van der Waals surface area contributed by atoms with Crippen LogP contribution in [0.2, 0.25) is 0 Å². The first-order valence-corrected chi connectivity index (χ1v) is 6.01. The first-order valence-electron chi connectivity index (χ1n) is 6.01. The molecule has 0 aromatic rings. The third kappa shape index (κ3) is 4.20. The maximum absolute atomic E-state index is 11.5. The summed E-state index contributed by atoms with van der Waals surface area (Å²) in [6.07, 6.45) is 3.04. The second-order valence-electron chi connectivity index (χ2n) is 4.13.